The Bertz CT molecular complexity index is 603. The van der Waals surface area contributed by atoms with Gasteiger partial charge >= 0.3 is 0 Å². The van der Waals surface area contributed by atoms with Gasteiger partial charge in [-0.3, -0.25) is 5.10 Å². The maximum absolute atomic E-state index is 5.73. The molecule has 0 bridgehead atoms. The molecule has 0 fully saturated rings. The van der Waals surface area contributed by atoms with Crippen molar-refractivity contribution in [2.24, 2.45) is 0 Å². The third-order valence-corrected chi connectivity index (χ3v) is 2.50. The number of rotatable bonds is 3. The minimum absolute atomic E-state index is 0.730. The van der Waals surface area contributed by atoms with Gasteiger partial charge in [0.15, 0.2) is 0 Å². The standard InChI is InChI=1S/C14H15N3/c1-3-5-10(6-4-2)14-12-8-7-11(15)9-13(12)16-17-14/h3-9H,1,15H2,2H3,(H,16,17)/b6-4-,10-5+. The number of benzene rings is 1. The van der Waals surface area contributed by atoms with E-state index in [1.807, 2.05) is 43.4 Å². The summed E-state index contributed by atoms with van der Waals surface area (Å²) in [6.45, 7) is 5.69. The highest BCUT2D eigenvalue weighted by atomic mass is 15.1. The van der Waals surface area contributed by atoms with E-state index in [2.05, 4.69) is 16.8 Å². The second-order valence-electron chi connectivity index (χ2n) is 3.73. The van der Waals surface area contributed by atoms with Gasteiger partial charge in [-0.2, -0.15) is 5.10 Å². The number of anilines is 1. The van der Waals surface area contributed by atoms with Gasteiger partial charge in [0, 0.05) is 16.6 Å². The number of hydrogen-bond donors (Lipinski definition) is 2. The molecule has 0 amide bonds. The lowest BCUT2D eigenvalue weighted by Gasteiger charge is -1.98. The summed E-state index contributed by atoms with van der Waals surface area (Å²) in [6.07, 6.45) is 7.68. The van der Waals surface area contributed by atoms with Crippen molar-refractivity contribution >= 4 is 22.2 Å². The van der Waals surface area contributed by atoms with E-state index in [1.54, 1.807) is 6.08 Å². The number of aromatic amines is 1. The Kier molecular flexibility index (Phi) is 3.10. The highest BCUT2D eigenvalue weighted by Gasteiger charge is 2.07. The van der Waals surface area contributed by atoms with Crippen LogP contribution in [0.1, 0.15) is 12.6 Å². The van der Waals surface area contributed by atoms with E-state index in [4.69, 9.17) is 5.73 Å². The lowest BCUT2D eigenvalue weighted by molar-refractivity contribution is 1.10. The van der Waals surface area contributed by atoms with Crippen LogP contribution in [-0.2, 0) is 0 Å². The number of nitrogens with one attached hydrogen (secondary N) is 1. The molecule has 0 unspecified atom stereocenters. The molecule has 2 rings (SSSR count). The molecule has 0 spiro atoms. The molecule has 1 aromatic carbocycles. The average molecular weight is 225 g/mol. The minimum atomic E-state index is 0.730. The molecule has 1 heterocycles. The van der Waals surface area contributed by atoms with Gasteiger partial charge in [-0.05, 0) is 25.1 Å². The van der Waals surface area contributed by atoms with Gasteiger partial charge in [0.1, 0.15) is 0 Å². The average Bonchev–Trinajstić information content (AvgIpc) is 2.71. The van der Waals surface area contributed by atoms with Crippen LogP contribution in [0.5, 0.6) is 0 Å². The maximum atomic E-state index is 5.73. The summed E-state index contributed by atoms with van der Waals surface area (Å²) in [5.41, 5.74) is 9.35. The second-order valence-corrected chi connectivity index (χ2v) is 3.73. The van der Waals surface area contributed by atoms with Crippen molar-refractivity contribution in [3.63, 3.8) is 0 Å². The molecule has 0 saturated carbocycles. The van der Waals surface area contributed by atoms with E-state index in [9.17, 15) is 0 Å². The Morgan fingerprint density at radius 2 is 2.29 bits per heavy atom. The summed E-state index contributed by atoms with van der Waals surface area (Å²) >= 11 is 0. The van der Waals surface area contributed by atoms with Gasteiger partial charge in [-0.25, -0.2) is 0 Å². The molecule has 0 aliphatic carbocycles. The van der Waals surface area contributed by atoms with E-state index in [0.29, 0.717) is 0 Å². The van der Waals surface area contributed by atoms with E-state index in [-0.39, 0.29) is 0 Å². The van der Waals surface area contributed by atoms with Gasteiger partial charge in [-0.1, -0.05) is 30.9 Å². The van der Waals surface area contributed by atoms with Crippen molar-refractivity contribution in [2.75, 3.05) is 5.73 Å². The van der Waals surface area contributed by atoms with Crippen LogP contribution in [0, 0.1) is 0 Å². The van der Waals surface area contributed by atoms with Crippen LogP contribution in [0.2, 0.25) is 0 Å². The predicted molar refractivity (Wildman–Crippen MR) is 73.5 cm³/mol. The monoisotopic (exact) mass is 225 g/mol. The Morgan fingerprint density at radius 1 is 1.47 bits per heavy atom. The summed E-state index contributed by atoms with van der Waals surface area (Å²) < 4.78 is 0. The summed E-state index contributed by atoms with van der Waals surface area (Å²) in [6, 6.07) is 5.74. The Morgan fingerprint density at radius 3 is 3.00 bits per heavy atom. The molecule has 2 aromatic rings. The number of nitrogens with zero attached hydrogens (tertiary/aromatic N) is 1. The molecule has 86 valence electrons. The summed E-state index contributed by atoms with van der Waals surface area (Å²) in [5, 5.41) is 8.37. The van der Waals surface area contributed by atoms with Gasteiger partial charge in [0.05, 0.1) is 11.2 Å². The molecule has 3 N–H and O–H groups in total. The largest absolute Gasteiger partial charge is 0.399 e. The zero-order valence-corrected chi connectivity index (χ0v) is 9.77. The molecule has 3 heteroatoms. The van der Waals surface area contributed by atoms with E-state index in [0.717, 1.165) is 27.9 Å². The van der Waals surface area contributed by atoms with Crippen LogP contribution < -0.4 is 5.73 Å². The molecule has 0 saturated heterocycles. The van der Waals surface area contributed by atoms with Crippen molar-refractivity contribution in [1.82, 2.24) is 10.2 Å². The van der Waals surface area contributed by atoms with Crippen molar-refractivity contribution < 1.29 is 0 Å². The van der Waals surface area contributed by atoms with Gasteiger partial charge in [0.25, 0.3) is 0 Å². The number of aromatic nitrogens is 2. The fourth-order valence-electron chi connectivity index (χ4n) is 1.78. The lowest BCUT2D eigenvalue weighted by atomic mass is 10.1. The lowest BCUT2D eigenvalue weighted by Crippen LogP contribution is -1.84. The van der Waals surface area contributed by atoms with Crippen molar-refractivity contribution in [3.8, 4) is 0 Å². The van der Waals surface area contributed by atoms with E-state index < -0.39 is 0 Å². The number of nitrogens with two attached hydrogens (primary N) is 1. The third kappa shape index (κ3) is 2.13. The Hall–Kier alpha value is -2.29. The number of H-pyrrole nitrogens is 1. The molecule has 0 radical (unpaired) electrons. The smallest absolute Gasteiger partial charge is 0.0999 e. The second kappa shape index (κ2) is 4.70. The highest BCUT2D eigenvalue weighted by Crippen LogP contribution is 2.25. The Labute approximate surface area is 100 Å². The van der Waals surface area contributed by atoms with Gasteiger partial charge in [0.2, 0.25) is 0 Å². The molecule has 1 aromatic heterocycles. The predicted octanol–water partition coefficient (Wildman–Crippen LogP) is 3.29. The number of hydrogen-bond acceptors (Lipinski definition) is 2. The number of fused-ring (bicyclic) bond motifs is 1. The summed E-state index contributed by atoms with van der Waals surface area (Å²) in [7, 11) is 0. The highest BCUT2D eigenvalue weighted by molar-refractivity contribution is 5.94. The molecular formula is C14H15N3. The first-order chi connectivity index (χ1) is 8.26. The zero-order valence-electron chi connectivity index (χ0n) is 9.77. The molecule has 0 atom stereocenters. The van der Waals surface area contributed by atoms with E-state index >= 15 is 0 Å². The van der Waals surface area contributed by atoms with Crippen LogP contribution in [0.25, 0.3) is 16.5 Å². The quantitative estimate of drug-likeness (QED) is 0.622. The minimum Gasteiger partial charge on any atom is -0.399 e. The van der Waals surface area contributed by atoms with Crippen molar-refractivity contribution in [2.45, 2.75) is 6.92 Å². The first-order valence-corrected chi connectivity index (χ1v) is 5.45. The topological polar surface area (TPSA) is 54.7 Å². The molecule has 17 heavy (non-hydrogen) atoms. The fourth-order valence-corrected chi connectivity index (χ4v) is 1.78. The van der Waals surface area contributed by atoms with E-state index in [1.165, 1.54) is 0 Å². The Balaban J connectivity index is 2.62. The maximum Gasteiger partial charge on any atom is 0.0999 e. The fraction of sp³-hybridized carbons (Fsp3) is 0.0714. The van der Waals surface area contributed by atoms with Crippen LogP contribution in [-0.4, -0.2) is 10.2 Å². The van der Waals surface area contributed by atoms with Gasteiger partial charge < -0.3 is 5.73 Å². The van der Waals surface area contributed by atoms with Crippen LogP contribution in [0.15, 0.2) is 49.1 Å². The first kappa shape index (κ1) is 11.2. The van der Waals surface area contributed by atoms with Crippen molar-refractivity contribution in [3.05, 3.63) is 54.8 Å². The van der Waals surface area contributed by atoms with Crippen LogP contribution in [0.3, 0.4) is 0 Å². The number of allylic oxidation sites excluding steroid dienone is 5. The number of nitrogen functional groups attached to an aromatic ring is 1. The summed E-state index contributed by atoms with van der Waals surface area (Å²) in [5.74, 6) is 0. The zero-order chi connectivity index (χ0) is 12.3. The normalized spacial score (nSPS) is 12.4. The molecule has 0 aliphatic heterocycles. The summed E-state index contributed by atoms with van der Waals surface area (Å²) in [4.78, 5) is 0. The molecule has 3 nitrogen and oxygen atoms in total. The molecular weight excluding hydrogens is 210 g/mol. The SMILES string of the molecule is C=C/C=C(\C=C/C)c1n[nH]c2cc(N)ccc12. The van der Waals surface area contributed by atoms with Crippen molar-refractivity contribution in [1.29, 1.82) is 0 Å². The molecule has 0 aliphatic rings. The van der Waals surface area contributed by atoms with Gasteiger partial charge in [-0.15, -0.1) is 0 Å². The first-order valence-electron chi connectivity index (χ1n) is 5.45. The van der Waals surface area contributed by atoms with Crippen LogP contribution >= 0.6 is 0 Å². The third-order valence-electron chi connectivity index (χ3n) is 2.50. The van der Waals surface area contributed by atoms with Crippen LogP contribution in [0.4, 0.5) is 5.69 Å².